The normalized spacial score (nSPS) is 21.2. The molecule has 5 rings (SSSR count). The Labute approximate surface area is 254 Å². The lowest BCUT2D eigenvalue weighted by Crippen LogP contribution is -2.34. The van der Waals surface area contributed by atoms with Gasteiger partial charge in [-0.25, -0.2) is 14.4 Å². The number of nitrogens with zero attached hydrogens (tertiary/aromatic N) is 1. The predicted molar refractivity (Wildman–Crippen MR) is 158 cm³/mol. The topological polar surface area (TPSA) is 135 Å². The van der Waals surface area contributed by atoms with Gasteiger partial charge in [-0.1, -0.05) is 47.2 Å². The number of aromatic amines is 1. The first-order chi connectivity index (χ1) is 21.3. The number of ether oxygens (including phenoxy) is 5. The molecule has 0 aliphatic carbocycles. The average molecular weight is 603 g/mol. The molecule has 2 aliphatic rings. The first kappa shape index (κ1) is 30.9. The lowest BCUT2D eigenvalue weighted by atomic mass is 10.1. The van der Waals surface area contributed by atoms with Crippen molar-refractivity contribution in [2.45, 2.75) is 64.3 Å². The molecule has 2 aliphatic heterocycles. The SMILES string of the molecule is Cc1ccc(C(=O)OC[C@H]2O[C@@H](n3cc(C#CCOC4CCCCO4)c(=O)[nH]c3=O)C[C@@H]2OC(=O)c2ccc(C)cc2)cc1. The smallest absolute Gasteiger partial charge is 0.338 e. The number of rotatable bonds is 8. The number of carbonyl (C=O) groups excluding carboxylic acids is 2. The summed E-state index contributed by atoms with van der Waals surface area (Å²) in [5.74, 6) is 4.38. The number of hydrogen-bond acceptors (Lipinski definition) is 9. The Kier molecular flexibility index (Phi) is 10.1. The summed E-state index contributed by atoms with van der Waals surface area (Å²) in [5, 5.41) is 0. The quantitative estimate of drug-likeness (QED) is 0.304. The Hall–Kier alpha value is -4.50. The van der Waals surface area contributed by atoms with Crippen molar-refractivity contribution < 1.29 is 33.3 Å². The van der Waals surface area contributed by atoms with Gasteiger partial charge >= 0.3 is 17.6 Å². The summed E-state index contributed by atoms with van der Waals surface area (Å²) in [6, 6.07) is 13.8. The molecule has 0 bridgehead atoms. The minimum atomic E-state index is -0.939. The Bertz CT molecular complexity index is 1640. The van der Waals surface area contributed by atoms with E-state index in [1.54, 1.807) is 48.5 Å². The Morgan fingerprint density at radius 1 is 0.977 bits per heavy atom. The number of benzene rings is 2. The molecular formula is C33H34N2O9. The van der Waals surface area contributed by atoms with Crippen LogP contribution in [0.3, 0.4) is 0 Å². The van der Waals surface area contributed by atoms with Crippen LogP contribution >= 0.6 is 0 Å². The van der Waals surface area contributed by atoms with Crippen LogP contribution in [0.4, 0.5) is 0 Å². The van der Waals surface area contributed by atoms with E-state index in [2.05, 4.69) is 16.8 Å². The van der Waals surface area contributed by atoms with Gasteiger partial charge in [0.05, 0.1) is 11.1 Å². The lowest BCUT2D eigenvalue weighted by molar-refractivity contribution is -0.154. The molecule has 1 N–H and O–H groups in total. The second-order valence-corrected chi connectivity index (χ2v) is 10.8. The first-order valence-electron chi connectivity index (χ1n) is 14.5. The second-order valence-electron chi connectivity index (χ2n) is 10.8. The summed E-state index contributed by atoms with van der Waals surface area (Å²) >= 11 is 0. The predicted octanol–water partition coefficient (Wildman–Crippen LogP) is 3.42. The highest BCUT2D eigenvalue weighted by atomic mass is 16.7. The van der Waals surface area contributed by atoms with Crippen molar-refractivity contribution in [2.24, 2.45) is 0 Å². The fourth-order valence-corrected chi connectivity index (χ4v) is 4.87. The number of esters is 2. The van der Waals surface area contributed by atoms with Gasteiger partial charge in [-0.15, -0.1) is 0 Å². The third-order valence-corrected chi connectivity index (χ3v) is 7.37. The maximum atomic E-state index is 13.0. The standard InChI is InChI=1S/C33H34N2O9/c1-21-8-12-23(13-9-21)31(37)42-20-27-26(44-32(38)24-14-10-22(2)11-15-24)18-28(43-27)35-19-25(30(36)34-33(35)39)6-5-17-41-29-7-3-4-16-40-29/h8-15,19,26-29H,3-4,7,16-18,20H2,1-2H3,(H,34,36,39)/t26-,27+,28+,29?/m0/s1. The van der Waals surface area contributed by atoms with Crippen molar-refractivity contribution in [3.8, 4) is 11.8 Å². The van der Waals surface area contributed by atoms with E-state index >= 15 is 0 Å². The van der Waals surface area contributed by atoms with E-state index in [0.717, 1.165) is 30.4 Å². The van der Waals surface area contributed by atoms with Gasteiger partial charge in [-0.05, 0) is 57.4 Å². The summed E-state index contributed by atoms with van der Waals surface area (Å²) in [6.45, 7) is 4.26. The lowest BCUT2D eigenvalue weighted by Gasteiger charge is -2.21. The van der Waals surface area contributed by atoms with Crippen LogP contribution in [-0.4, -0.2) is 59.8 Å². The van der Waals surface area contributed by atoms with Crippen LogP contribution in [0.25, 0.3) is 0 Å². The molecule has 2 fully saturated rings. The van der Waals surface area contributed by atoms with Crippen LogP contribution in [0.15, 0.2) is 64.3 Å². The maximum Gasteiger partial charge on any atom is 0.338 e. The number of H-pyrrole nitrogens is 1. The Balaban J connectivity index is 1.32. The van der Waals surface area contributed by atoms with Gasteiger partial charge in [-0.3, -0.25) is 14.3 Å². The molecule has 1 aromatic heterocycles. The van der Waals surface area contributed by atoms with Crippen molar-refractivity contribution in [3.05, 3.63) is 103 Å². The molecule has 3 heterocycles. The number of aryl methyl sites for hydroxylation is 2. The zero-order valence-electron chi connectivity index (χ0n) is 24.6. The van der Waals surface area contributed by atoms with E-state index in [4.69, 9.17) is 23.7 Å². The molecule has 11 nitrogen and oxygen atoms in total. The third kappa shape index (κ3) is 7.90. The highest BCUT2D eigenvalue weighted by Gasteiger charge is 2.40. The third-order valence-electron chi connectivity index (χ3n) is 7.37. The van der Waals surface area contributed by atoms with Crippen LogP contribution in [0.2, 0.25) is 0 Å². The second kappa shape index (κ2) is 14.3. The first-order valence-corrected chi connectivity index (χ1v) is 14.5. The van der Waals surface area contributed by atoms with Crippen LogP contribution in [0.5, 0.6) is 0 Å². The van der Waals surface area contributed by atoms with Crippen LogP contribution in [-0.2, 0) is 23.7 Å². The summed E-state index contributed by atoms with van der Waals surface area (Å²) in [6.07, 6.45) is 1.13. The van der Waals surface area contributed by atoms with Crippen LogP contribution in [0.1, 0.15) is 69.3 Å². The van der Waals surface area contributed by atoms with E-state index in [-0.39, 0.29) is 31.5 Å². The zero-order chi connectivity index (χ0) is 31.1. The zero-order valence-corrected chi connectivity index (χ0v) is 24.6. The molecule has 0 amide bonds. The van der Waals surface area contributed by atoms with E-state index < -0.39 is 41.6 Å². The van der Waals surface area contributed by atoms with Crippen molar-refractivity contribution in [1.82, 2.24) is 9.55 Å². The number of carbonyl (C=O) groups is 2. The largest absolute Gasteiger partial charge is 0.459 e. The van der Waals surface area contributed by atoms with Gasteiger partial charge in [0.25, 0.3) is 5.56 Å². The van der Waals surface area contributed by atoms with Gasteiger partial charge in [0.2, 0.25) is 0 Å². The fourth-order valence-electron chi connectivity index (χ4n) is 4.87. The molecule has 230 valence electrons. The van der Waals surface area contributed by atoms with Gasteiger partial charge in [-0.2, -0.15) is 0 Å². The summed E-state index contributed by atoms with van der Waals surface area (Å²) in [7, 11) is 0. The minimum Gasteiger partial charge on any atom is -0.459 e. The highest BCUT2D eigenvalue weighted by molar-refractivity contribution is 5.90. The Morgan fingerprint density at radius 3 is 2.32 bits per heavy atom. The summed E-state index contributed by atoms with van der Waals surface area (Å²) in [4.78, 5) is 53.3. The highest BCUT2D eigenvalue weighted by Crippen LogP contribution is 2.31. The molecule has 3 aromatic rings. The van der Waals surface area contributed by atoms with E-state index in [9.17, 15) is 19.2 Å². The fraction of sp³-hybridized carbons (Fsp3) is 0.394. The van der Waals surface area contributed by atoms with Crippen LogP contribution in [0, 0.1) is 25.7 Å². The molecule has 44 heavy (non-hydrogen) atoms. The van der Waals surface area contributed by atoms with E-state index in [0.29, 0.717) is 17.7 Å². The van der Waals surface area contributed by atoms with E-state index in [1.807, 2.05) is 13.8 Å². The minimum absolute atomic E-state index is 0.0313. The molecule has 0 saturated carbocycles. The molecule has 0 radical (unpaired) electrons. The molecular weight excluding hydrogens is 568 g/mol. The summed E-state index contributed by atoms with van der Waals surface area (Å²) in [5.41, 5.74) is 1.33. The monoisotopic (exact) mass is 602 g/mol. The maximum absolute atomic E-state index is 13.0. The number of hydrogen-bond donors (Lipinski definition) is 1. The molecule has 2 aromatic carbocycles. The molecule has 4 atom stereocenters. The van der Waals surface area contributed by atoms with E-state index in [1.165, 1.54) is 10.8 Å². The van der Waals surface area contributed by atoms with Crippen LogP contribution < -0.4 is 11.2 Å². The summed E-state index contributed by atoms with van der Waals surface area (Å²) < 4.78 is 29.7. The van der Waals surface area contributed by atoms with Crippen molar-refractivity contribution >= 4 is 11.9 Å². The van der Waals surface area contributed by atoms with Gasteiger partial charge in [0.1, 0.15) is 37.2 Å². The molecule has 2 saturated heterocycles. The van der Waals surface area contributed by atoms with Gasteiger partial charge in [0, 0.05) is 19.2 Å². The number of aromatic nitrogens is 2. The number of nitrogens with one attached hydrogen (secondary N) is 1. The van der Waals surface area contributed by atoms with Crippen molar-refractivity contribution in [2.75, 3.05) is 19.8 Å². The Morgan fingerprint density at radius 2 is 1.66 bits per heavy atom. The van der Waals surface area contributed by atoms with Gasteiger partial charge in [0.15, 0.2) is 6.29 Å². The molecule has 0 spiro atoms. The average Bonchev–Trinajstić information content (AvgIpc) is 3.42. The van der Waals surface area contributed by atoms with Crippen molar-refractivity contribution in [1.29, 1.82) is 0 Å². The van der Waals surface area contributed by atoms with Crippen molar-refractivity contribution in [3.63, 3.8) is 0 Å². The molecule has 11 heteroatoms. The van der Waals surface area contributed by atoms with Gasteiger partial charge < -0.3 is 23.7 Å². The molecule has 1 unspecified atom stereocenters.